The summed E-state index contributed by atoms with van der Waals surface area (Å²) in [6.45, 7) is 8.72. The molecule has 3 N–H and O–H groups in total. The SMILES string of the molecule is CCNC(=NCC(O)COCC1CC1)NC(C)c1cccc(N2CCCC2)c1. The number of rotatable bonds is 10. The summed E-state index contributed by atoms with van der Waals surface area (Å²) < 4.78 is 5.56. The van der Waals surface area contributed by atoms with Crippen molar-refractivity contribution in [2.45, 2.75) is 51.7 Å². The van der Waals surface area contributed by atoms with Crippen LogP contribution in [-0.2, 0) is 4.74 Å². The lowest BCUT2D eigenvalue weighted by Crippen LogP contribution is -2.39. The van der Waals surface area contributed by atoms with Gasteiger partial charge in [0.2, 0.25) is 0 Å². The third-order valence-electron chi connectivity index (χ3n) is 5.36. The maximum Gasteiger partial charge on any atom is 0.191 e. The van der Waals surface area contributed by atoms with Crippen molar-refractivity contribution in [3.63, 3.8) is 0 Å². The molecule has 6 heteroatoms. The van der Waals surface area contributed by atoms with E-state index in [1.807, 2.05) is 6.92 Å². The molecule has 2 unspecified atom stereocenters. The molecule has 3 rings (SSSR count). The van der Waals surface area contributed by atoms with E-state index < -0.39 is 6.10 Å². The molecule has 0 amide bonds. The second-order valence-corrected chi connectivity index (χ2v) is 8.01. The molecule has 6 nitrogen and oxygen atoms in total. The largest absolute Gasteiger partial charge is 0.389 e. The van der Waals surface area contributed by atoms with Crippen molar-refractivity contribution in [2.75, 3.05) is 44.3 Å². The smallest absolute Gasteiger partial charge is 0.191 e. The maximum atomic E-state index is 10.1. The fourth-order valence-electron chi connectivity index (χ4n) is 3.48. The van der Waals surface area contributed by atoms with Gasteiger partial charge in [-0.05, 0) is 63.1 Å². The Kier molecular flexibility index (Phi) is 7.98. The maximum absolute atomic E-state index is 10.1. The zero-order chi connectivity index (χ0) is 19.8. The number of hydrogen-bond donors (Lipinski definition) is 3. The summed E-state index contributed by atoms with van der Waals surface area (Å²) in [4.78, 5) is 7.00. The number of nitrogens with zero attached hydrogens (tertiary/aromatic N) is 2. The molecule has 2 aliphatic rings. The molecule has 1 aliphatic carbocycles. The highest BCUT2D eigenvalue weighted by atomic mass is 16.5. The van der Waals surface area contributed by atoms with Crippen molar-refractivity contribution in [1.82, 2.24) is 10.6 Å². The van der Waals surface area contributed by atoms with Gasteiger partial charge in [0.1, 0.15) is 0 Å². The van der Waals surface area contributed by atoms with Crippen LogP contribution in [0.4, 0.5) is 5.69 Å². The van der Waals surface area contributed by atoms with E-state index in [0.717, 1.165) is 32.2 Å². The second-order valence-electron chi connectivity index (χ2n) is 8.01. The molecule has 156 valence electrons. The van der Waals surface area contributed by atoms with Crippen LogP contribution in [0.1, 0.15) is 51.1 Å². The number of guanidine groups is 1. The molecule has 1 aromatic carbocycles. The molecule has 1 saturated heterocycles. The summed E-state index contributed by atoms with van der Waals surface area (Å²) in [6.07, 6.45) is 4.52. The highest BCUT2D eigenvalue weighted by molar-refractivity contribution is 5.80. The third kappa shape index (κ3) is 6.67. The van der Waals surface area contributed by atoms with Crippen LogP contribution in [0.5, 0.6) is 0 Å². The van der Waals surface area contributed by atoms with Gasteiger partial charge in [0.05, 0.1) is 25.3 Å². The predicted octanol–water partition coefficient (Wildman–Crippen LogP) is 2.69. The predicted molar refractivity (Wildman–Crippen MR) is 115 cm³/mol. The van der Waals surface area contributed by atoms with Crippen LogP contribution in [-0.4, -0.2) is 56.6 Å². The fraction of sp³-hybridized carbons (Fsp3) is 0.682. The molecule has 0 spiro atoms. The first-order chi connectivity index (χ1) is 13.7. The normalized spacial score (nSPS) is 19.5. The van der Waals surface area contributed by atoms with Crippen LogP contribution in [0, 0.1) is 5.92 Å². The molecule has 1 aromatic rings. The minimum absolute atomic E-state index is 0.128. The van der Waals surface area contributed by atoms with Crippen molar-refractivity contribution in [3.05, 3.63) is 29.8 Å². The minimum atomic E-state index is -0.567. The molecule has 0 bridgehead atoms. The Labute approximate surface area is 169 Å². The lowest BCUT2D eigenvalue weighted by atomic mass is 10.1. The van der Waals surface area contributed by atoms with Crippen LogP contribution in [0.15, 0.2) is 29.3 Å². The average molecular weight is 389 g/mol. The Balaban J connectivity index is 1.52. The second kappa shape index (κ2) is 10.7. The van der Waals surface area contributed by atoms with E-state index in [2.05, 4.69) is 51.7 Å². The van der Waals surface area contributed by atoms with E-state index in [1.54, 1.807) is 0 Å². The number of aliphatic hydroxyl groups excluding tert-OH is 1. The summed E-state index contributed by atoms with van der Waals surface area (Å²) in [6, 6.07) is 8.88. The standard InChI is InChI=1S/C22H36N4O2/c1-3-23-22(24-14-21(27)16-28-15-18-9-10-18)25-17(2)19-7-6-8-20(13-19)26-11-4-5-12-26/h6-8,13,17-18,21,27H,3-5,9-12,14-16H2,1-2H3,(H2,23,24,25). The van der Waals surface area contributed by atoms with Gasteiger partial charge < -0.3 is 25.4 Å². The lowest BCUT2D eigenvalue weighted by Gasteiger charge is -2.22. The number of benzene rings is 1. The van der Waals surface area contributed by atoms with Gasteiger partial charge in [-0.25, -0.2) is 0 Å². The van der Waals surface area contributed by atoms with Crippen LogP contribution in [0.3, 0.4) is 0 Å². The summed E-state index contributed by atoms with van der Waals surface area (Å²) >= 11 is 0. The monoisotopic (exact) mass is 388 g/mol. The van der Waals surface area contributed by atoms with Crippen LogP contribution < -0.4 is 15.5 Å². The first kappa shape index (κ1) is 20.9. The number of hydrogen-bond acceptors (Lipinski definition) is 4. The molecule has 0 aromatic heterocycles. The Bertz CT molecular complexity index is 627. The summed E-state index contributed by atoms with van der Waals surface area (Å²) in [5, 5.41) is 16.8. The van der Waals surface area contributed by atoms with Gasteiger partial charge in [-0.2, -0.15) is 0 Å². The molecule has 2 atom stereocenters. The van der Waals surface area contributed by atoms with Gasteiger partial charge in [-0.1, -0.05) is 12.1 Å². The number of aliphatic imine (C=N–C) groups is 1. The first-order valence-electron chi connectivity index (χ1n) is 10.8. The average Bonchev–Trinajstić information content (AvgIpc) is 3.36. The van der Waals surface area contributed by atoms with Crippen molar-refractivity contribution in [2.24, 2.45) is 10.9 Å². The van der Waals surface area contributed by atoms with Gasteiger partial charge >= 0.3 is 0 Å². The van der Waals surface area contributed by atoms with Gasteiger partial charge in [0.15, 0.2) is 5.96 Å². The highest BCUT2D eigenvalue weighted by Crippen LogP contribution is 2.28. The fourth-order valence-corrected chi connectivity index (χ4v) is 3.48. The zero-order valence-electron chi connectivity index (χ0n) is 17.4. The minimum Gasteiger partial charge on any atom is -0.389 e. The first-order valence-corrected chi connectivity index (χ1v) is 10.8. The van der Waals surface area contributed by atoms with Crippen LogP contribution >= 0.6 is 0 Å². The summed E-state index contributed by atoms with van der Waals surface area (Å²) in [7, 11) is 0. The topological polar surface area (TPSA) is 69.1 Å². The van der Waals surface area contributed by atoms with Crippen molar-refractivity contribution < 1.29 is 9.84 Å². The molecule has 0 radical (unpaired) electrons. The Morgan fingerprint density at radius 3 is 2.82 bits per heavy atom. The van der Waals surface area contributed by atoms with E-state index in [9.17, 15) is 5.11 Å². The van der Waals surface area contributed by atoms with Gasteiger partial charge in [-0.15, -0.1) is 0 Å². The molecule has 1 aliphatic heterocycles. The van der Waals surface area contributed by atoms with Crippen molar-refractivity contribution in [3.8, 4) is 0 Å². The van der Waals surface area contributed by atoms with Crippen LogP contribution in [0.25, 0.3) is 0 Å². The van der Waals surface area contributed by atoms with Gasteiger partial charge in [0, 0.05) is 31.9 Å². The third-order valence-corrected chi connectivity index (χ3v) is 5.36. The van der Waals surface area contributed by atoms with E-state index in [-0.39, 0.29) is 6.04 Å². The molecule has 2 fully saturated rings. The molecular weight excluding hydrogens is 352 g/mol. The number of aliphatic hydroxyl groups is 1. The summed E-state index contributed by atoms with van der Waals surface area (Å²) in [5.74, 6) is 1.44. The summed E-state index contributed by atoms with van der Waals surface area (Å²) in [5.41, 5.74) is 2.54. The number of anilines is 1. The zero-order valence-corrected chi connectivity index (χ0v) is 17.4. The number of ether oxygens (including phenoxy) is 1. The van der Waals surface area contributed by atoms with Crippen LogP contribution in [0.2, 0.25) is 0 Å². The Hall–Kier alpha value is -1.79. The molecular formula is C22H36N4O2. The van der Waals surface area contributed by atoms with Crippen molar-refractivity contribution in [1.29, 1.82) is 0 Å². The molecule has 1 saturated carbocycles. The highest BCUT2D eigenvalue weighted by Gasteiger charge is 2.21. The Morgan fingerprint density at radius 1 is 1.32 bits per heavy atom. The molecule has 28 heavy (non-hydrogen) atoms. The molecule has 1 heterocycles. The van der Waals surface area contributed by atoms with E-state index in [4.69, 9.17) is 4.74 Å². The quantitative estimate of drug-likeness (QED) is 0.425. The van der Waals surface area contributed by atoms with Crippen molar-refractivity contribution >= 4 is 11.6 Å². The van der Waals surface area contributed by atoms with E-state index >= 15 is 0 Å². The van der Waals surface area contributed by atoms with Gasteiger partial charge in [0.25, 0.3) is 0 Å². The van der Waals surface area contributed by atoms with Gasteiger partial charge in [-0.3, -0.25) is 4.99 Å². The number of nitrogens with one attached hydrogen (secondary N) is 2. The lowest BCUT2D eigenvalue weighted by molar-refractivity contribution is 0.0368. The van der Waals surface area contributed by atoms with E-state index in [0.29, 0.717) is 19.1 Å². The van der Waals surface area contributed by atoms with E-state index in [1.165, 1.54) is 36.9 Å². The Morgan fingerprint density at radius 2 is 2.11 bits per heavy atom.